The molecule has 0 aliphatic rings. The van der Waals surface area contributed by atoms with Gasteiger partial charge in [0.1, 0.15) is 12.4 Å². The molecule has 0 saturated carbocycles. The van der Waals surface area contributed by atoms with Gasteiger partial charge in [-0.15, -0.1) is 0 Å². The maximum Gasteiger partial charge on any atom is 0.231 e. The second-order valence-electron chi connectivity index (χ2n) is 9.68. The lowest BCUT2D eigenvalue weighted by atomic mass is 10.0. The highest BCUT2D eigenvalue weighted by Gasteiger charge is 2.29. The normalized spacial score (nSPS) is 13.0. The van der Waals surface area contributed by atoms with Crippen LogP contribution in [0.1, 0.15) is 58.3 Å². The first-order valence-electron chi connectivity index (χ1n) is 15.3. The summed E-state index contributed by atoms with van der Waals surface area (Å²) in [7, 11) is 0. The van der Waals surface area contributed by atoms with Crippen LogP contribution in [0.5, 0.6) is 5.75 Å². The predicted molar refractivity (Wildman–Crippen MR) is 157 cm³/mol. The van der Waals surface area contributed by atoms with Gasteiger partial charge < -0.3 is 48.1 Å². The molecule has 0 aromatic heterocycles. The quantitative estimate of drug-likeness (QED) is 0.0946. The van der Waals surface area contributed by atoms with Gasteiger partial charge in [-0.05, 0) is 18.6 Å². The molecule has 0 fully saturated rings. The molecule has 1 aromatic carbocycles. The lowest BCUT2D eigenvalue weighted by Crippen LogP contribution is -2.41. The zero-order valence-electron chi connectivity index (χ0n) is 25.3. The third kappa shape index (κ3) is 24.9. The molecule has 10 nitrogen and oxygen atoms in total. The number of ether oxygens (including phenoxy) is 8. The molecule has 240 valence electrons. The van der Waals surface area contributed by atoms with E-state index in [1.165, 1.54) is 32.1 Å². The molecular weight excluding hydrogens is 532 g/mol. The van der Waals surface area contributed by atoms with Crippen LogP contribution < -0.4 is 4.74 Å². The number of unbranched alkanes of at least 4 members (excludes halogenated alkanes) is 6. The minimum Gasteiger partial charge on any atom is -0.460 e. The van der Waals surface area contributed by atoms with Crippen LogP contribution >= 0.6 is 0 Å². The van der Waals surface area contributed by atoms with Crippen LogP contribution in [-0.2, 0) is 33.2 Å². The molecule has 1 aromatic rings. The molecule has 0 radical (unpaired) electrons. The number of rotatable bonds is 32. The van der Waals surface area contributed by atoms with Crippen LogP contribution in [0.2, 0.25) is 0 Å². The van der Waals surface area contributed by atoms with E-state index in [0.717, 1.165) is 12.8 Å². The fourth-order valence-corrected chi connectivity index (χ4v) is 3.83. The molecule has 2 N–H and O–H groups in total. The number of aliphatic hydroxyl groups excluding tert-OH is 1. The van der Waals surface area contributed by atoms with E-state index < -0.39 is 5.79 Å². The van der Waals surface area contributed by atoms with Crippen molar-refractivity contribution in [1.82, 2.24) is 0 Å². The Morgan fingerprint density at radius 2 is 0.951 bits per heavy atom. The molecular formula is C31H56O10. The Bertz CT molecular complexity index is 651. The smallest absolute Gasteiger partial charge is 0.231 e. The number of hydrogen-bond acceptors (Lipinski definition) is 10. The maximum atomic E-state index is 11.1. The van der Waals surface area contributed by atoms with Crippen LogP contribution in [0, 0.1) is 0 Å². The summed E-state index contributed by atoms with van der Waals surface area (Å²) >= 11 is 0. The number of aliphatic hydroxyl groups is 2. The molecule has 1 rings (SSSR count). The van der Waals surface area contributed by atoms with Crippen molar-refractivity contribution >= 4 is 0 Å². The Morgan fingerprint density at radius 3 is 1.41 bits per heavy atom. The average molecular weight is 589 g/mol. The van der Waals surface area contributed by atoms with E-state index in [4.69, 9.17) is 43.0 Å². The Balaban J connectivity index is 1.98. The molecule has 0 aliphatic carbocycles. The summed E-state index contributed by atoms with van der Waals surface area (Å²) in [6, 6.07) is 9.39. The van der Waals surface area contributed by atoms with Gasteiger partial charge in [0, 0.05) is 6.42 Å². The SMILES string of the molecule is CCCCCCCCCC(O)(COCCOCCOCCOCCOCCOCCOCCO)Oc1ccccc1. The van der Waals surface area contributed by atoms with E-state index in [0.29, 0.717) is 98.1 Å². The monoisotopic (exact) mass is 588 g/mol. The van der Waals surface area contributed by atoms with Crippen molar-refractivity contribution in [3.05, 3.63) is 30.3 Å². The third-order valence-corrected chi connectivity index (χ3v) is 6.02. The molecule has 41 heavy (non-hydrogen) atoms. The zero-order valence-corrected chi connectivity index (χ0v) is 25.3. The molecule has 1 unspecified atom stereocenters. The highest BCUT2D eigenvalue weighted by atomic mass is 16.7. The summed E-state index contributed by atoms with van der Waals surface area (Å²) in [6.07, 6.45) is 8.72. The third-order valence-electron chi connectivity index (χ3n) is 6.02. The van der Waals surface area contributed by atoms with Gasteiger partial charge in [-0.2, -0.15) is 0 Å². The highest BCUT2D eigenvalue weighted by molar-refractivity contribution is 5.21. The van der Waals surface area contributed by atoms with Crippen molar-refractivity contribution in [3.8, 4) is 5.75 Å². The van der Waals surface area contributed by atoms with Gasteiger partial charge in [0.15, 0.2) is 0 Å². The maximum absolute atomic E-state index is 11.1. The minimum atomic E-state index is -1.36. The van der Waals surface area contributed by atoms with Gasteiger partial charge in [0.25, 0.3) is 0 Å². The molecule has 10 heteroatoms. The van der Waals surface area contributed by atoms with Crippen molar-refractivity contribution in [2.75, 3.05) is 99.1 Å². The van der Waals surface area contributed by atoms with E-state index in [9.17, 15) is 5.11 Å². The molecule has 0 spiro atoms. The first-order chi connectivity index (χ1) is 20.2. The molecule has 1 atom stereocenters. The number of benzene rings is 1. The summed E-state index contributed by atoms with van der Waals surface area (Å²) in [5, 5.41) is 19.7. The Kier molecular flexibility index (Phi) is 26.4. The largest absolute Gasteiger partial charge is 0.460 e. The second-order valence-corrected chi connectivity index (χ2v) is 9.68. The van der Waals surface area contributed by atoms with Crippen LogP contribution in [0.3, 0.4) is 0 Å². The van der Waals surface area contributed by atoms with Gasteiger partial charge in [-0.3, -0.25) is 0 Å². The van der Waals surface area contributed by atoms with Gasteiger partial charge in [0.2, 0.25) is 5.79 Å². The van der Waals surface area contributed by atoms with Crippen molar-refractivity contribution < 1.29 is 48.1 Å². The molecule has 0 aliphatic heterocycles. The summed E-state index contributed by atoms with van der Waals surface area (Å²) in [6.45, 7) is 8.30. The lowest BCUT2D eigenvalue weighted by molar-refractivity contribution is -0.185. The first kappa shape index (κ1) is 37.7. The molecule has 0 bridgehead atoms. The van der Waals surface area contributed by atoms with Crippen molar-refractivity contribution in [3.63, 3.8) is 0 Å². The first-order valence-corrected chi connectivity index (χ1v) is 15.3. The van der Waals surface area contributed by atoms with E-state index >= 15 is 0 Å². The van der Waals surface area contributed by atoms with Gasteiger partial charge >= 0.3 is 0 Å². The van der Waals surface area contributed by atoms with Crippen LogP contribution in [-0.4, -0.2) is 115 Å². The summed E-state index contributed by atoms with van der Waals surface area (Å²) in [4.78, 5) is 0. The Hall–Kier alpha value is -1.34. The van der Waals surface area contributed by atoms with E-state index in [-0.39, 0.29) is 13.2 Å². The van der Waals surface area contributed by atoms with Crippen LogP contribution in [0.15, 0.2) is 30.3 Å². The molecule has 0 saturated heterocycles. The second kappa shape index (κ2) is 28.8. The van der Waals surface area contributed by atoms with Gasteiger partial charge in [-0.1, -0.05) is 63.6 Å². The van der Waals surface area contributed by atoms with E-state index in [1.54, 1.807) is 0 Å². The molecule has 0 heterocycles. The topological polar surface area (TPSA) is 114 Å². The number of hydrogen-bond donors (Lipinski definition) is 2. The van der Waals surface area contributed by atoms with Crippen LogP contribution in [0.4, 0.5) is 0 Å². The summed E-state index contributed by atoms with van der Waals surface area (Å²) < 4.78 is 44.0. The van der Waals surface area contributed by atoms with Crippen molar-refractivity contribution in [1.29, 1.82) is 0 Å². The van der Waals surface area contributed by atoms with Gasteiger partial charge in [0.05, 0.1) is 92.5 Å². The summed E-state index contributed by atoms with van der Waals surface area (Å²) in [5.41, 5.74) is 0. The Morgan fingerprint density at radius 1 is 0.537 bits per heavy atom. The summed E-state index contributed by atoms with van der Waals surface area (Å²) in [5.74, 6) is -0.725. The standard InChI is InChI=1S/C31H56O10/c1-2-3-4-5-6-7-11-14-31(33,41-30-12-9-8-10-13-30)29-40-28-27-39-26-25-38-24-23-37-22-21-36-20-19-35-18-17-34-16-15-32/h8-10,12-13,32-33H,2-7,11,14-29H2,1H3. The van der Waals surface area contributed by atoms with Gasteiger partial charge in [-0.25, -0.2) is 0 Å². The fourth-order valence-electron chi connectivity index (χ4n) is 3.83. The van der Waals surface area contributed by atoms with E-state index in [1.807, 2.05) is 30.3 Å². The van der Waals surface area contributed by atoms with Crippen molar-refractivity contribution in [2.24, 2.45) is 0 Å². The lowest BCUT2D eigenvalue weighted by Gasteiger charge is -2.29. The average Bonchev–Trinajstić information content (AvgIpc) is 2.98. The van der Waals surface area contributed by atoms with Crippen LogP contribution in [0.25, 0.3) is 0 Å². The fraction of sp³-hybridized carbons (Fsp3) is 0.806. The number of para-hydroxylation sites is 1. The minimum absolute atomic E-state index is 0.0240. The predicted octanol–water partition coefficient (Wildman–Crippen LogP) is 4.00. The highest BCUT2D eigenvalue weighted by Crippen LogP contribution is 2.23. The zero-order chi connectivity index (χ0) is 29.5. The molecule has 0 amide bonds. The van der Waals surface area contributed by atoms with Crippen molar-refractivity contribution in [2.45, 2.75) is 64.1 Å². The Labute approximate surface area is 247 Å². The van der Waals surface area contributed by atoms with E-state index in [2.05, 4.69) is 6.92 Å².